The summed E-state index contributed by atoms with van der Waals surface area (Å²) in [7, 11) is 0. The molecule has 0 bridgehead atoms. The first-order valence-electron chi connectivity index (χ1n) is 11.9. The third-order valence-corrected chi connectivity index (χ3v) is 7.18. The van der Waals surface area contributed by atoms with Gasteiger partial charge in [-0.05, 0) is 42.2 Å². The number of rotatable bonds is 12. The first-order chi connectivity index (χ1) is 17.0. The Morgan fingerprint density at radius 3 is 2.34 bits per heavy atom. The molecule has 0 aliphatic carbocycles. The van der Waals surface area contributed by atoms with Crippen LogP contribution in [0.5, 0.6) is 0 Å². The number of nitrogens with zero attached hydrogens (tertiary/aromatic N) is 1. The molecular formula is C29H33BrN2O2S. The van der Waals surface area contributed by atoms with Crippen molar-refractivity contribution < 1.29 is 9.59 Å². The molecule has 0 radical (unpaired) electrons. The Hall–Kier alpha value is -2.57. The molecule has 6 heteroatoms. The lowest BCUT2D eigenvalue weighted by atomic mass is 10.0. The van der Waals surface area contributed by atoms with E-state index in [2.05, 4.69) is 46.4 Å². The molecule has 0 spiro atoms. The van der Waals surface area contributed by atoms with Gasteiger partial charge in [0, 0.05) is 29.7 Å². The van der Waals surface area contributed by atoms with Crippen LogP contribution in [0.4, 0.5) is 0 Å². The SMILES string of the molecule is CCCNC(=O)C(Cc1ccccc1)N(Cc1ccc(Br)cc1)C(=O)CSCc1cccc(C)c1. The summed E-state index contributed by atoms with van der Waals surface area (Å²) in [5.41, 5.74) is 4.43. The van der Waals surface area contributed by atoms with E-state index in [-0.39, 0.29) is 11.8 Å². The topological polar surface area (TPSA) is 49.4 Å². The van der Waals surface area contributed by atoms with E-state index in [1.165, 1.54) is 11.1 Å². The quantitative estimate of drug-likeness (QED) is 0.293. The molecule has 1 atom stereocenters. The van der Waals surface area contributed by atoms with E-state index in [9.17, 15) is 9.59 Å². The van der Waals surface area contributed by atoms with Gasteiger partial charge in [-0.2, -0.15) is 0 Å². The van der Waals surface area contributed by atoms with Gasteiger partial charge in [0.25, 0.3) is 0 Å². The third-order valence-electron chi connectivity index (χ3n) is 5.66. The number of thioether (sulfide) groups is 1. The van der Waals surface area contributed by atoms with Gasteiger partial charge in [-0.25, -0.2) is 0 Å². The monoisotopic (exact) mass is 552 g/mol. The van der Waals surface area contributed by atoms with Crippen LogP contribution in [-0.2, 0) is 28.3 Å². The zero-order valence-electron chi connectivity index (χ0n) is 20.4. The number of amides is 2. The molecule has 4 nitrogen and oxygen atoms in total. The average Bonchev–Trinajstić information content (AvgIpc) is 2.86. The number of halogens is 1. The van der Waals surface area contributed by atoms with E-state index in [0.29, 0.717) is 25.3 Å². The minimum atomic E-state index is -0.584. The molecule has 0 aliphatic heterocycles. The van der Waals surface area contributed by atoms with Gasteiger partial charge in [-0.1, -0.05) is 95.1 Å². The van der Waals surface area contributed by atoms with E-state index in [1.54, 1.807) is 16.7 Å². The fraction of sp³-hybridized carbons (Fsp3) is 0.310. The molecule has 0 saturated heterocycles. The van der Waals surface area contributed by atoms with Crippen molar-refractivity contribution in [3.8, 4) is 0 Å². The summed E-state index contributed by atoms with van der Waals surface area (Å²) in [6, 6.07) is 25.6. The fourth-order valence-electron chi connectivity index (χ4n) is 3.85. The number of benzene rings is 3. The van der Waals surface area contributed by atoms with Gasteiger partial charge in [-0.15, -0.1) is 11.8 Å². The van der Waals surface area contributed by atoms with Crippen LogP contribution in [0.15, 0.2) is 83.3 Å². The highest BCUT2D eigenvalue weighted by molar-refractivity contribution is 9.10. The molecule has 0 fully saturated rings. The molecule has 1 unspecified atom stereocenters. The summed E-state index contributed by atoms with van der Waals surface area (Å²) in [5.74, 6) is 0.935. The Morgan fingerprint density at radius 1 is 0.943 bits per heavy atom. The fourth-order valence-corrected chi connectivity index (χ4v) is 4.97. The number of carbonyl (C=O) groups excluding carboxylic acids is 2. The van der Waals surface area contributed by atoms with Crippen LogP contribution >= 0.6 is 27.7 Å². The van der Waals surface area contributed by atoms with Gasteiger partial charge >= 0.3 is 0 Å². The van der Waals surface area contributed by atoms with Crippen LogP contribution < -0.4 is 5.32 Å². The Morgan fingerprint density at radius 2 is 1.66 bits per heavy atom. The van der Waals surface area contributed by atoms with Crippen LogP contribution in [0.3, 0.4) is 0 Å². The zero-order chi connectivity index (χ0) is 25.0. The minimum Gasteiger partial charge on any atom is -0.354 e. The first kappa shape index (κ1) is 27.0. The lowest BCUT2D eigenvalue weighted by Crippen LogP contribution is -2.51. The molecule has 0 aliphatic rings. The van der Waals surface area contributed by atoms with E-state index >= 15 is 0 Å². The van der Waals surface area contributed by atoms with E-state index in [0.717, 1.165) is 27.8 Å². The number of aryl methyl sites for hydroxylation is 1. The minimum absolute atomic E-state index is 0.0295. The third kappa shape index (κ3) is 8.86. The molecule has 2 amide bonds. The largest absolute Gasteiger partial charge is 0.354 e. The highest BCUT2D eigenvalue weighted by atomic mass is 79.9. The van der Waals surface area contributed by atoms with E-state index in [4.69, 9.17) is 0 Å². The Bertz CT molecular complexity index is 1090. The Kier molecular flexibility index (Phi) is 10.9. The van der Waals surface area contributed by atoms with Crippen molar-refractivity contribution in [2.75, 3.05) is 12.3 Å². The number of nitrogens with one attached hydrogen (secondary N) is 1. The van der Waals surface area contributed by atoms with Gasteiger partial charge in [0.15, 0.2) is 0 Å². The standard InChI is InChI=1S/C29H33BrN2O2S/c1-3-16-31-29(34)27(18-23-9-5-4-6-10-23)32(19-24-12-14-26(30)15-13-24)28(33)21-35-20-25-11-7-8-22(2)17-25/h4-15,17,27H,3,16,18-21H2,1-2H3,(H,31,34). The normalized spacial score (nSPS) is 11.6. The first-order valence-corrected chi connectivity index (χ1v) is 13.9. The van der Waals surface area contributed by atoms with Crippen LogP contribution in [0, 0.1) is 6.92 Å². The van der Waals surface area contributed by atoms with Crippen LogP contribution in [0.1, 0.15) is 35.6 Å². The lowest BCUT2D eigenvalue weighted by Gasteiger charge is -2.31. The highest BCUT2D eigenvalue weighted by Crippen LogP contribution is 2.20. The van der Waals surface area contributed by atoms with Crippen LogP contribution in [0.25, 0.3) is 0 Å². The molecule has 0 saturated carbocycles. The van der Waals surface area contributed by atoms with Crippen LogP contribution in [0.2, 0.25) is 0 Å². The average molecular weight is 554 g/mol. The van der Waals surface area contributed by atoms with Gasteiger partial charge in [0.2, 0.25) is 11.8 Å². The van der Waals surface area contributed by atoms with Gasteiger partial charge in [-0.3, -0.25) is 9.59 Å². The van der Waals surface area contributed by atoms with Crippen molar-refractivity contribution in [2.24, 2.45) is 0 Å². The molecule has 35 heavy (non-hydrogen) atoms. The predicted octanol–water partition coefficient (Wildman–Crippen LogP) is 6.16. The maximum Gasteiger partial charge on any atom is 0.243 e. The van der Waals surface area contributed by atoms with Gasteiger partial charge < -0.3 is 10.2 Å². The summed E-state index contributed by atoms with van der Waals surface area (Å²) >= 11 is 5.07. The predicted molar refractivity (Wildman–Crippen MR) is 149 cm³/mol. The second kappa shape index (κ2) is 14.1. The van der Waals surface area contributed by atoms with Gasteiger partial charge in [0.05, 0.1) is 5.75 Å². The molecule has 1 N–H and O–H groups in total. The number of carbonyl (C=O) groups is 2. The zero-order valence-corrected chi connectivity index (χ0v) is 22.8. The smallest absolute Gasteiger partial charge is 0.243 e. The molecule has 0 heterocycles. The van der Waals surface area contributed by atoms with Crippen molar-refractivity contribution in [3.05, 3.63) is 106 Å². The molecular weight excluding hydrogens is 520 g/mol. The number of hydrogen-bond acceptors (Lipinski definition) is 3. The van der Waals surface area contributed by atoms with Crippen LogP contribution in [-0.4, -0.2) is 35.1 Å². The van der Waals surface area contributed by atoms with Crippen molar-refractivity contribution in [1.82, 2.24) is 10.2 Å². The lowest BCUT2D eigenvalue weighted by molar-refractivity contribution is -0.139. The summed E-state index contributed by atoms with van der Waals surface area (Å²) < 4.78 is 0.981. The summed E-state index contributed by atoms with van der Waals surface area (Å²) in [5, 5.41) is 3.02. The van der Waals surface area contributed by atoms with Gasteiger partial charge in [0.1, 0.15) is 6.04 Å². The molecule has 3 rings (SSSR count). The molecule has 3 aromatic rings. The molecule has 184 valence electrons. The van der Waals surface area contributed by atoms with Crippen molar-refractivity contribution in [1.29, 1.82) is 0 Å². The second-order valence-electron chi connectivity index (χ2n) is 8.63. The van der Waals surface area contributed by atoms with Crippen molar-refractivity contribution in [3.63, 3.8) is 0 Å². The second-order valence-corrected chi connectivity index (χ2v) is 10.5. The summed E-state index contributed by atoms with van der Waals surface area (Å²) in [4.78, 5) is 28.7. The Labute approximate surface area is 221 Å². The maximum atomic E-state index is 13.6. The van der Waals surface area contributed by atoms with Crippen molar-refractivity contribution >= 4 is 39.5 Å². The van der Waals surface area contributed by atoms with Crippen molar-refractivity contribution in [2.45, 2.75) is 45.0 Å². The molecule has 0 aromatic heterocycles. The summed E-state index contributed by atoms with van der Waals surface area (Å²) in [6.45, 7) is 5.07. The van der Waals surface area contributed by atoms with E-state index < -0.39 is 6.04 Å². The summed E-state index contributed by atoms with van der Waals surface area (Å²) in [6.07, 6.45) is 1.32. The maximum absolute atomic E-state index is 13.6. The Balaban J connectivity index is 1.82. The molecule has 3 aromatic carbocycles. The highest BCUT2D eigenvalue weighted by Gasteiger charge is 2.30. The van der Waals surface area contributed by atoms with E-state index in [1.807, 2.05) is 67.6 Å². The number of hydrogen-bond donors (Lipinski definition) is 1.